The number of rotatable bonds is 3. The molecule has 0 radical (unpaired) electrons. The molecule has 3 aromatic rings. The Bertz CT molecular complexity index is 1070. The number of halogens is 1. The zero-order valence-corrected chi connectivity index (χ0v) is 16.9. The molecule has 7 heteroatoms. The van der Waals surface area contributed by atoms with E-state index in [9.17, 15) is 9.59 Å². The zero-order chi connectivity index (χ0) is 20.5. The first-order valence-electron chi connectivity index (χ1n) is 8.93. The van der Waals surface area contributed by atoms with Gasteiger partial charge >= 0.3 is 6.09 Å². The molecule has 0 saturated heterocycles. The van der Waals surface area contributed by atoms with E-state index < -0.39 is 17.7 Å². The number of aromatic nitrogens is 2. The number of amides is 1. The van der Waals surface area contributed by atoms with Gasteiger partial charge in [-0.05, 0) is 52.0 Å². The molecule has 1 N–H and O–H groups in total. The van der Waals surface area contributed by atoms with Crippen LogP contribution in [0.4, 0.5) is 4.79 Å². The Kier molecular flexibility index (Phi) is 5.42. The van der Waals surface area contributed by atoms with Gasteiger partial charge in [0.15, 0.2) is 0 Å². The third-order valence-electron chi connectivity index (χ3n) is 4.01. The second-order valence-corrected chi connectivity index (χ2v) is 7.86. The number of fused-ring (bicyclic) bond motifs is 1. The summed E-state index contributed by atoms with van der Waals surface area (Å²) in [6, 6.07) is 13.6. The number of nitrogens with one attached hydrogen (secondary N) is 1. The minimum atomic E-state index is -0.636. The van der Waals surface area contributed by atoms with Crippen molar-refractivity contribution < 1.29 is 9.53 Å². The largest absolute Gasteiger partial charge is 0.444 e. The van der Waals surface area contributed by atoms with Crippen LogP contribution in [0.2, 0.25) is 5.02 Å². The van der Waals surface area contributed by atoms with Crippen molar-refractivity contribution in [2.75, 3.05) is 0 Å². The second kappa shape index (κ2) is 7.64. The average molecular weight is 400 g/mol. The van der Waals surface area contributed by atoms with E-state index in [0.29, 0.717) is 27.4 Å². The number of benzene rings is 2. The highest BCUT2D eigenvalue weighted by atomic mass is 35.5. The van der Waals surface area contributed by atoms with E-state index in [1.165, 1.54) is 4.57 Å². The lowest BCUT2D eigenvalue weighted by atomic mass is 10.2. The van der Waals surface area contributed by atoms with Crippen LogP contribution in [-0.4, -0.2) is 21.2 Å². The fourth-order valence-electron chi connectivity index (χ4n) is 2.86. The molecule has 1 amide bonds. The molecule has 146 valence electrons. The van der Waals surface area contributed by atoms with Crippen LogP contribution in [0.3, 0.4) is 0 Å². The van der Waals surface area contributed by atoms with Gasteiger partial charge in [0.25, 0.3) is 5.56 Å². The van der Waals surface area contributed by atoms with E-state index >= 15 is 0 Å². The fourth-order valence-corrected chi connectivity index (χ4v) is 3.07. The van der Waals surface area contributed by atoms with E-state index in [1.54, 1.807) is 45.9 Å². The van der Waals surface area contributed by atoms with E-state index in [1.807, 2.05) is 30.3 Å². The minimum absolute atomic E-state index is 0.258. The average Bonchev–Trinajstić information content (AvgIpc) is 2.61. The van der Waals surface area contributed by atoms with Crippen LogP contribution in [-0.2, 0) is 4.74 Å². The molecule has 3 rings (SSSR count). The molecule has 0 aliphatic carbocycles. The fraction of sp³-hybridized carbons (Fsp3) is 0.286. The van der Waals surface area contributed by atoms with E-state index in [-0.39, 0.29) is 5.56 Å². The monoisotopic (exact) mass is 399 g/mol. The lowest BCUT2D eigenvalue weighted by Gasteiger charge is -2.23. The summed E-state index contributed by atoms with van der Waals surface area (Å²) in [6.07, 6.45) is -0.590. The summed E-state index contributed by atoms with van der Waals surface area (Å²) < 4.78 is 6.81. The minimum Gasteiger partial charge on any atom is -0.444 e. The molecule has 2 aromatic carbocycles. The second-order valence-electron chi connectivity index (χ2n) is 7.45. The number of ether oxygens (including phenoxy) is 1. The summed E-state index contributed by atoms with van der Waals surface area (Å²) >= 11 is 6.27. The molecule has 28 heavy (non-hydrogen) atoms. The Hall–Kier alpha value is -2.86. The standard InChI is InChI=1S/C21H22ClN3O3/c1-13(23-20(27)28-21(2,3)4)18-24-17-15(11-8-12-16(17)22)19(26)25(18)14-9-6-5-7-10-14/h5-13H,1-4H3,(H,23,27). The van der Waals surface area contributed by atoms with Crippen molar-refractivity contribution in [2.24, 2.45) is 0 Å². The van der Waals surface area contributed by atoms with Crippen LogP contribution < -0.4 is 10.9 Å². The van der Waals surface area contributed by atoms with Gasteiger partial charge in [-0.1, -0.05) is 35.9 Å². The molecule has 0 fully saturated rings. The molecule has 6 nitrogen and oxygen atoms in total. The molecule has 0 saturated carbocycles. The van der Waals surface area contributed by atoms with Gasteiger partial charge in [0.1, 0.15) is 11.4 Å². The van der Waals surface area contributed by atoms with Crippen LogP contribution in [0, 0.1) is 0 Å². The van der Waals surface area contributed by atoms with Gasteiger partial charge in [0.2, 0.25) is 0 Å². The number of alkyl carbamates (subject to hydrolysis) is 1. The smallest absolute Gasteiger partial charge is 0.408 e. The van der Waals surface area contributed by atoms with Crippen molar-refractivity contribution in [1.29, 1.82) is 0 Å². The maximum Gasteiger partial charge on any atom is 0.408 e. The summed E-state index contributed by atoms with van der Waals surface area (Å²) in [5.41, 5.74) is 0.152. The van der Waals surface area contributed by atoms with Crippen molar-refractivity contribution in [3.8, 4) is 5.69 Å². The third kappa shape index (κ3) is 4.17. The highest BCUT2D eigenvalue weighted by Crippen LogP contribution is 2.23. The van der Waals surface area contributed by atoms with Gasteiger partial charge in [-0.25, -0.2) is 9.78 Å². The van der Waals surface area contributed by atoms with E-state index in [2.05, 4.69) is 10.3 Å². The lowest BCUT2D eigenvalue weighted by molar-refractivity contribution is 0.0505. The van der Waals surface area contributed by atoms with Gasteiger partial charge < -0.3 is 10.1 Å². The SMILES string of the molecule is CC(NC(=O)OC(C)(C)C)c1nc2c(Cl)cccc2c(=O)n1-c1ccccc1. The number of para-hydroxylation sites is 2. The Morgan fingerprint density at radius 1 is 1.14 bits per heavy atom. The summed E-state index contributed by atoms with van der Waals surface area (Å²) in [7, 11) is 0. The van der Waals surface area contributed by atoms with Crippen LogP contribution in [0.25, 0.3) is 16.6 Å². The van der Waals surface area contributed by atoms with Crippen molar-refractivity contribution in [3.05, 3.63) is 69.7 Å². The summed E-state index contributed by atoms with van der Waals surface area (Å²) in [5, 5.41) is 3.53. The van der Waals surface area contributed by atoms with Crippen LogP contribution in [0.1, 0.15) is 39.6 Å². The number of nitrogens with zero attached hydrogens (tertiary/aromatic N) is 2. The quantitative estimate of drug-likeness (QED) is 0.697. The van der Waals surface area contributed by atoms with Crippen molar-refractivity contribution in [1.82, 2.24) is 14.9 Å². The van der Waals surface area contributed by atoms with Crippen molar-refractivity contribution in [3.63, 3.8) is 0 Å². The first-order chi connectivity index (χ1) is 13.2. The van der Waals surface area contributed by atoms with Gasteiger partial charge in [-0.3, -0.25) is 9.36 Å². The maximum atomic E-state index is 13.2. The van der Waals surface area contributed by atoms with E-state index in [4.69, 9.17) is 16.3 Å². The zero-order valence-electron chi connectivity index (χ0n) is 16.2. The Labute approximate surface area is 168 Å². The molecule has 0 aliphatic heterocycles. The van der Waals surface area contributed by atoms with Crippen molar-refractivity contribution in [2.45, 2.75) is 39.3 Å². The Balaban J connectivity index is 2.16. The normalized spacial score (nSPS) is 12.6. The topological polar surface area (TPSA) is 73.2 Å². The number of hydrogen-bond acceptors (Lipinski definition) is 4. The van der Waals surface area contributed by atoms with E-state index in [0.717, 1.165) is 0 Å². The molecule has 0 spiro atoms. The highest BCUT2D eigenvalue weighted by molar-refractivity contribution is 6.34. The summed E-state index contributed by atoms with van der Waals surface area (Å²) in [5.74, 6) is 0.364. The Morgan fingerprint density at radius 3 is 2.46 bits per heavy atom. The van der Waals surface area contributed by atoms with Crippen LogP contribution in [0.15, 0.2) is 53.3 Å². The lowest BCUT2D eigenvalue weighted by Crippen LogP contribution is -2.36. The molecule has 1 atom stereocenters. The first kappa shape index (κ1) is 19.9. The predicted octanol–water partition coefficient (Wildman–Crippen LogP) is 4.62. The number of hydrogen-bond donors (Lipinski definition) is 1. The molecule has 0 aliphatic rings. The predicted molar refractivity (Wildman–Crippen MR) is 110 cm³/mol. The van der Waals surface area contributed by atoms with Crippen molar-refractivity contribution >= 4 is 28.6 Å². The maximum absolute atomic E-state index is 13.2. The molecule has 1 aromatic heterocycles. The number of carbonyl (C=O) groups excluding carboxylic acids is 1. The Morgan fingerprint density at radius 2 is 1.82 bits per heavy atom. The molecular weight excluding hydrogens is 378 g/mol. The van der Waals surface area contributed by atoms with Gasteiger partial charge in [-0.15, -0.1) is 0 Å². The molecule has 1 unspecified atom stereocenters. The first-order valence-corrected chi connectivity index (χ1v) is 9.31. The summed E-state index contributed by atoms with van der Waals surface area (Å²) in [6.45, 7) is 7.09. The van der Waals surface area contributed by atoms with Gasteiger partial charge in [0.05, 0.1) is 27.7 Å². The molecule has 0 bridgehead atoms. The van der Waals surface area contributed by atoms with Gasteiger partial charge in [-0.2, -0.15) is 0 Å². The van der Waals surface area contributed by atoms with Crippen LogP contribution in [0.5, 0.6) is 0 Å². The van der Waals surface area contributed by atoms with Gasteiger partial charge in [0, 0.05) is 0 Å². The third-order valence-corrected chi connectivity index (χ3v) is 4.32. The molecular formula is C21H22ClN3O3. The highest BCUT2D eigenvalue weighted by Gasteiger charge is 2.23. The molecule has 1 heterocycles. The number of carbonyl (C=O) groups is 1. The summed E-state index contributed by atoms with van der Waals surface area (Å²) in [4.78, 5) is 30.1. The van der Waals surface area contributed by atoms with Crippen LogP contribution >= 0.6 is 11.6 Å².